The van der Waals surface area contributed by atoms with Crippen molar-refractivity contribution in [2.45, 2.75) is 38.2 Å². The van der Waals surface area contributed by atoms with E-state index in [2.05, 4.69) is 0 Å². The molecule has 1 amide bonds. The van der Waals surface area contributed by atoms with Crippen LogP contribution in [0.25, 0.3) is 0 Å². The molecule has 0 spiro atoms. The molecule has 0 aromatic heterocycles. The summed E-state index contributed by atoms with van der Waals surface area (Å²) in [4.78, 5) is 14.7. The van der Waals surface area contributed by atoms with Crippen molar-refractivity contribution in [1.82, 2.24) is 4.90 Å². The minimum absolute atomic E-state index is 0.0925. The highest BCUT2D eigenvalue weighted by atomic mass is 19.1. The predicted octanol–water partition coefficient (Wildman–Crippen LogP) is 3.26. The molecule has 3 aliphatic rings. The number of fused-ring (bicyclic) bond motifs is 1. The molecule has 25 heavy (non-hydrogen) atoms. The first-order valence-corrected chi connectivity index (χ1v) is 9.40. The molecule has 136 valence electrons. The van der Waals surface area contributed by atoms with Gasteiger partial charge >= 0.3 is 0 Å². The number of amides is 1. The van der Waals surface area contributed by atoms with Crippen LogP contribution >= 0.6 is 0 Å². The molecule has 0 N–H and O–H groups in total. The largest absolute Gasteiger partial charge is 0.380 e. The normalized spacial score (nSPS) is 29.3. The van der Waals surface area contributed by atoms with Crippen LogP contribution in [0.15, 0.2) is 24.3 Å². The van der Waals surface area contributed by atoms with E-state index in [1.165, 1.54) is 25.0 Å². The second kappa shape index (κ2) is 7.04. The first-order chi connectivity index (χ1) is 12.2. The van der Waals surface area contributed by atoms with Crippen LogP contribution in [-0.4, -0.2) is 49.8 Å². The van der Waals surface area contributed by atoms with Crippen LogP contribution in [-0.2, 0) is 9.47 Å². The molecule has 2 saturated heterocycles. The van der Waals surface area contributed by atoms with Crippen LogP contribution in [0.2, 0.25) is 0 Å². The number of ether oxygens (including phenoxy) is 2. The molecule has 5 heteroatoms. The Labute approximate surface area is 148 Å². The van der Waals surface area contributed by atoms with Gasteiger partial charge in [0.25, 0.3) is 5.91 Å². The van der Waals surface area contributed by atoms with Crippen molar-refractivity contribution in [2.24, 2.45) is 11.3 Å². The number of nitrogens with zero attached hydrogens (tertiary/aromatic N) is 1. The Hall–Kier alpha value is -1.46. The quantitative estimate of drug-likeness (QED) is 0.821. The Bertz CT molecular complexity index is 633. The Morgan fingerprint density at radius 2 is 2.24 bits per heavy atom. The summed E-state index contributed by atoms with van der Waals surface area (Å²) in [5.41, 5.74) is 0.304. The summed E-state index contributed by atoms with van der Waals surface area (Å²) in [6.07, 6.45) is 5.57. The van der Waals surface area contributed by atoms with E-state index in [4.69, 9.17) is 9.47 Å². The van der Waals surface area contributed by atoms with Crippen molar-refractivity contribution < 1.29 is 18.7 Å². The minimum Gasteiger partial charge on any atom is -0.380 e. The lowest BCUT2D eigenvalue weighted by Crippen LogP contribution is -2.58. The van der Waals surface area contributed by atoms with Gasteiger partial charge in [-0.25, -0.2) is 4.39 Å². The van der Waals surface area contributed by atoms with E-state index in [9.17, 15) is 9.18 Å². The molecule has 1 saturated carbocycles. The van der Waals surface area contributed by atoms with Gasteiger partial charge in [-0.3, -0.25) is 4.79 Å². The Kier molecular flexibility index (Phi) is 4.78. The molecule has 2 aliphatic heterocycles. The third-order valence-electron chi connectivity index (χ3n) is 5.79. The van der Waals surface area contributed by atoms with E-state index in [-0.39, 0.29) is 23.2 Å². The summed E-state index contributed by atoms with van der Waals surface area (Å²) >= 11 is 0. The number of piperidine rings is 1. The summed E-state index contributed by atoms with van der Waals surface area (Å²) in [5, 5.41) is 0. The minimum atomic E-state index is -0.371. The van der Waals surface area contributed by atoms with Gasteiger partial charge in [0.15, 0.2) is 0 Å². The fourth-order valence-corrected chi connectivity index (χ4v) is 4.19. The molecule has 1 aromatic carbocycles. The van der Waals surface area contributed by atoms with Gasteiger partial charge < -0.3 is 14.4 Å². The number of carbonyl (C=O) groups is 1. The molecule has 1 aliphatic carbocycles. The molecule has 0 radical (unpaired) electrons. The lowest BCUT2D eigenvalue weighted by molar-refractivity contribution is -0.147. The number of rotatable bonds is 5. The van der Waals surface area contributed by atoms with Crippen LogP contribution in [0.3, 0.4) is 0 Å². The smallest absolute Gasteiger partial charge is 0.253 e. The first-order valence-electron chi connectivity index (χ1n) is 9.40. The van der Waals surface area contributed by atoms with Crippen LogP contribution in [0.4, 0.5) is 4.39 Å². The van der Waals surface area contributed by atoms with E-state index in [0.717, 1.165) is 38.4 Å². The fraction of sp³-hybridized carbons (Fsp3) is 0.650. The fourth-order valence-electron chi connectivity index (χ4n) is 4.19. The molecule has 3 fully saturated rings. The zero-order chi connectivity index (χ0) is 17.3. The lowest BCUT2D eigenvalue weighted by atomic mass is 9.73. The van der Waals surface area contributed by atoms with Gasteiger partial charge in [-0.15, -0.1) is 0 Å². The maximum Gasteiger partial charge on any atom is 0.253 e. The summed E-state index contributed by atoms with van der Waals surface area (Å²) in [7, 11) is 0. The number of hydrogen-bond acceptors (Lipinski definition) is 3. The monoisotopic (exact) mass is 347 g/mol. The Balaban J connectivity index is 1.47. The summed E-state index contributed by atoms with van der Waals surface area (Å²) in [6, 6.07) is 5.96. The van der Waals surface area contributed by atoms with Gasteiger partial charge in [0, 0.05) is 37.3 Å². The Morgan fingerprint density at radius 1 is 1.36 bits per heavy atom. The predicted molar refractivity (Wildman–Crippen MR) is 91.9 cm³/mol. The average Bonchev–Trinajstić information content (AvgIpc) is 3.45. The van der Waals surface area contributed by atoms with Crippen LogP contribution in [0.5, 0.6) is 0 Å². The number of benzene rings is 1. The molecule has 1 aromatic rings. The molecule has 2 heterocycles. The van der Waals surface area contributed by atoms with E-state index in [1.54, 1.807) is 12.1 Å². The topological polar surface area (TPSA) is 38.8 Å². The maximum atomic E-state index is 13.5. The van der Waals surface area contributed by atoms with Crippen molar-refractivity contribution in [1.29, 1.82) is 0 Å². The molecule has 4 rings (SSSR count). The molecule has 2 atom stereocenters. The highest BCUT2D eigenvalue weighted by Gasteiger charge is 2.47. The summed E-state index contributed by atoms with van der Waals surface area (Å²) < 4.78 is 25.5. The van der Waals surface area contributed by atoms with Gasteiger partial charge in [0.05, 0.1) is 12.7 Å². The zero-order valence-electron chi connectivity index (χ0n) is 14.6. The number of halogens is 1. The van der Waals surface area contributed by atoms with Crippen LogP contribution in [0.1, 0.15) is 42.5 Å². The standard InChI is InChI=1S/C20H26FNO3/c21-17-4-1-3-16(11-17)19(23)22-9-7-18-20(13-22,8-2-10-25-18)14-24-12-15-5-6-15/h1,3-4,11,15,18H,2,5-10,12-14H2/t18-,20-/m0/s1. The van der Waals surface area contributed by atoms with Gasteiger partial charge in [-0.1, -0.05) is 6.07 Å². The molecular weight excluding hydrogens is 321 g/mol. The summed E-state index contributed by atoms with van der Waals surface area (Å²) in [6.45, 7) is 3.57. The highest BCUT2D eigenvalue weighted by molar-refractivity contribution is 5.94. The van der Waals surface area contributed by atoms with Crippen molar-refractivity contribution >= 4 is 5.91 Å². The number of likely N-dealkylation sites (tertiary alicyclic amines) is 1. The van der Waals surface area contributed by atoms with Crippen molar-refractivity contribution in [3.8, 4) is 0 Å². The van der Waals surface area contributed by atoms with Crippen LogP contribution in [0, 0.1) is 17.2 Å². The van der Waals surface area contributed by atoms with Crippen LogP contribution < -0.4 is 0 Å². The van der Waals surface area contributed by atoms with Gasteiger partial charge in [0.2, 0.25) is 0 Å². The molecule has 0 bridgehead atoms. The summed E-state index contributed by atoms with van der Waals surface area (Å²) in [5.74, 6) is 0.266. The SMILES string of the molecule is O=C(c1cccc(F)c1)N1CC[C@@H]2OCCC[C@@]2(COCC2CC2)C1. The van der Waals surface area contributed by atoms with Crippen molar-refractivity contribution in [3.05, 3.63) is 35.6 Å². The first kappa shape index (κ1) is 17.0. The average molecular weight is 347 g/mol. The second-order valence-electron chi connectivity index (χ2n) is 7.81. The van der Waals surface area contributed by atoms with Crippen molar-refractivity contribution in [3.63, 3.8) is 0 Å². The van der Waals surface area contributed by atoms with E-state index < -0.39 is 0 Å². The third-order valence-corrected chi connectivity index (χ3v) is 5.79. The van der Waals surface area contributed by atoms with Gasteiger partial charge in [-0.2, -0.15) is 0 Å². The zero-order valence-corrected chi connectivity index (χ0v) is 14.6. The molecule has 4 nitrogen and oxygen atoms in total. The van der Waals surface area contributed by atoms with Crippen molar-refractivity contribution in [2.75, 3.05) is 32.9 Å². The highest BCUT2D eigenvalue weighted by Crippen LogP contribution is 2.41. The van der Waals surface area contributed by atoms with E-state index in [1.807, 2.05) is 4.90 Å². The Morgan fingerprint density at radius 3 is 3.04 bits per heavy atom. The van der Waals surface area contributed by atoms with Gasteiger partial charge in [-0.05, 0) is 56.2 Å². The van der Waals surface area contributed by atoms with E-state index >= 15 is 0 Å². The second-order valence-corrected chi connectivity index (χ2v) is 7.81. The third kappa shape index (κ3) is 3.72. The van der Waals surface area contributed by atoms with E-state index in [0.29, 0.717) is 25.3 Å². The molecule has 0 unspecified atom stereocenters. The maximum absolute atomic E-state index is 13.5. The molecular formula is C20H26FNO3. The van der Waals surface area contributed by atoms with Gasteiger partial charge in [0.1, 0.15) is 5.82 Å². The lowest BCUT2D eigenvalue weighted by Gasteiger charge is -2.50. The number of carbonyl (C=O) groups excluding carboxylic acids is 1. The number of hydrogen-bond donors (Lipinski definition) is 0.